The van der Waals surface area contributed by atoms with Crippen molar-refractivity contribution >= 4 is 5.91 Å². The Bertz CT molecular complexity index is 1070. The summed E-state index contributed by atoms with van der Waals surface area (Å²) in [6, 6.07) is 9.28. The lowest BCUT2D eigenvalue weighted by molar-refractivity contribution is 0.0937. The van der Waals surface area contributed by atoms with E-state index in [9.17, 15) is 9.18 Å². The fourth-order valence-corrected chi connectivity index (χ4v) is 3.04. The third kappa shape index (κ3) is 3.60. The second-order valence-corrected chi connectivity index (χ2v) is 6.79. The van der Waals surface area contributed by atoms with Gasteiger partial charge in [0.2, 0.25) is 0 Å². The Morgan fingerprint density at radius 1 is 1.32 bits per heavy atom. The van der Waals surface area contributed by atoms with Gasteiger partial charge in [-0.3, -0.25) is 4.79 Å². The van der Waals surface area contributed by atoms with Gasteiger partial charge in [0, 0.05) is 11.8 Å². The Labute approximate surface area is 160 Å². The molecular formula is C20H17FN6O. The zero-order valence-corrected chi connectivity index (χ0v) is 15.1. The first kappa shape index (κ1) is 17.8. The first-order valence-electron chi connectivity index (χ1n) is 8.93. The van der Waals surface area contributed by atoms with Crippen LogP contribution in [0.1, 0.15) is 59.0 Å². The molecule has 1 aliphatic carbocycles. The quantitative estimate of drug-likeness (QED) is 0.738. The maximum absolute atomic E-state index is 13.9. The number of hydrogen-bond acceptors (Lipinski definition) is 5. The molecular weight excluding hydrogens is 359 g/mol. The lowest BCUT2D eigenvalue weighted by Crippen LogP contribution is -2.29. The van der Waals surface area contributed by atoms with Crippen molar-refractivity contribution in [3.63, 3.8) is 0 Å². The minimum absolute atomic E-state index is 0.288. The normalized spacial score (nSPS) is 14.3. The van der Waals surface area contributed by atoms with Crippen molar-refractivity contribution in [2.75, 3.05) is 0 Å². The van der Waals surface area contributed by atoms with Crippen molar-refractivity contribution in [3.05, 3.63) is 71.2 Å². The van der Waals surface area contributed by atoms with Gasteiger partial charge in [-0.05, 0) is 61.6 Å². The fraction of sp³-hybridized carbons (Fsp3) is 0.250. The molecule has 140 valence electrons. The summed E-state index contributed by atoms with van der Waals surface area (Å²) in [5.41, 5.74) is 1.59. The van der Waals surface area contributed by atoms with E-state index in [0.29, 0.717) is 23.1 Å². The maximum atomic E-state index is 13.9. The third-order valence-corrected chi connectivity index (χ3v) is 4.63. The van der Waals surface area contributed by atoms with Crippen molar-refractivity contribution in [2.24, 2.45) is 0 Å². The van der Waals surface area contributed by atoms with Crippen molar-refractivity contribution in [1.29, 1.82) is 5.26 Å². The maximum Gasteiger partial charge on any atom is 0.251 e. The van der Waals surface area contributed by atoms with E-state index >= 15 is 0 Å². The highest BCUT2D eigenvalue weighted by atomic mass is 19.1. The summed E-state index contributed by atoms with van der Waals surface area (Å²) in [7, 11) is 0. The van der Waals surface area contributed by atoms with Crippen LogP contribution in [-0.4, -0.2) is 25.7 Å². The summed E-state index contributed by atoms with van der Waals surface area (Å²) >= 11 is 0. The van der Waals surface area contributed by atoms with E-state index in [1.807, 2.05) is 6.07 Å². The Morgan fingerprint density at radius 2 is 2.14 bits per heavy atom. The van der Waals surface area contributed by atoms with Gasteiger partial charge in [0.05, 0.1) is 11.6 Å². The van der Waals surface area contributed by atoms with Gasteiger partial charge in [0.15, 0.2) is 11.6 Å². The van der Waals surface area contributed by atoms with Crippen LogP contribution in [0.4, 0.5) is 4.39 Å². The highest BCUT2D eigenvalue weighted by Crippen LogP contribution is 2.40. The van der Waals surface area contributed by atoms with Gasteiger partial charge in [0.1, 0.15) is 18.2 Å². The number of carbonyl (C=O) groups excluding carboxylic acids is 1. The molecule has 1 atom stereocenters. The highest BCUT2D eigenvalue weighted by molar-refractivity contribution is 5.94. The van der Waals surface area contributed by atoms with Crippen LogP contribution < -0.4 is 5.32 Å². The number of amides is 1. The lowest BCUT2D eigenvalue weighted by atomic mass is 10.1. The van der Waals surface area contributed by atoms with Gasteiger partial charge in [-0.2, -0.15) is 15.0 Å². The molecule has 1 aromatic carbocycles. The summed E-state index contributed by atoms with van der Waals surface area (Å²) < 4.78 is 15.4. The SMILES string of the molecule is C[C@H](NC(=O)c1cc(F)cc(C2CC2)c1)c1ncnn1-c1ccc(C#N)cn1. The number of pyridine rings is 1. The predicted molar refractivity (Wildman–Crippen MR) is 98.1 cm³/mol. The average molecular weight is 376 g/mol. The molecule has 8 heteroatoms. The molecule has 2 heterocycles. The summed E-state index contributed by atoms with van der Waals surface area (Å²) in [6.07, 6.45) is 4.87. The van der Waals surface area contributed by atoms with Crippen molar-refractivity contribution in [3.8, 4) is 11.9 Å². The van der Waals surface area contributed by atoms with E-state index in [1.165, 1.54) is 29.3 Å². The number of nitrogens with one attached hydrogen (secondary N) is 1. The largest absolute Gasteiger partial charge is 0.342 e. The van der Waals surface area contributed by atoms with Crippen LogP contribution in [0.15, 0.2) is 42.9 Å². The Morgan fingerprint density at radius 3 is 2.82 bits per heavy atom. The molecule has 7 nitrogen and oxygen atoms in total. The molecule has 4 rings (SSSR count). The number of benzene rings is 1. The molecule has 0 radical (unpaired) electrons. The van der Waals surface area contributed by atoms with Crippen LogP contribution in [0, 0.1) is 17.1 Å². The van der Waals surface area contributed by atoms with E-state index in [4.69, 9.17) is 5.26 Å². The van der Waals surface area contributed by atoms with Crippen LogP contribution in [0.5, 0.6) is 0 Å². The molecule has 0 aliphatic heterocycles. The topological polar surface area (TPSA) is 96.5 Å². The molecule has 1 fully saturated rings. The van der Waals surface area contributed by atoms with Gasteiger partial charge in [-0.1, -0.05) is 0 Å². The zero-order chi connectivity index (χ0) is 19.7. The summed E-state index contributed by atoms with van der Waals surface area (Å²) in [4.78, 5) is 21.1. The molecule has 0 bridgehead atoms. The van der Waals surface area contributed by atoms with Gasteiger partial charge in [0.25, 0.3) is 5.91 Å². The number of hydrogen-bond donors (Lipinski definition) is 1. The molecule has 28 heavy (non-hydrogen) atoms. The second-order valence-electron chi connectivity index (χ2n) is 6.79. The van der Waals surface area contributed by atoms with E-state index in [1.54, 1.807) is 25.1 Å². The Kier molecular flexibility index (Phi) is 4.57. The smallest absolute Gasteiger partial charge is 0.251 e. The number of nitrogens with zero attached hydrogens (tertiary/aromatic N) is 5. The van der Waals surface area contributed by atoms with Crippen LogP contribution >= 0.6 is 0 Å². The molecule has 1 aliphatic rings. The average Bonchev–Trinajstić information content (AvgIpc) is 3.44. The third-order valence-electron chi connectivity index (χ3n) is 4.63. The Hall–Kier alpha value is -3.60. The van der Waals surface area contributed by atoms with Crippen LogP contribution in [-0.2, 0) is 0 Å². The van der Waals surface area contributed by atoms with Crippen molar-refractivity contribution in [1.82, 2.24) is 25.1 Å². The summed E-state index contributed by atoms with van der Waals surface area (Å²) in [6.45, 7) is 1.77. The zero-order valence-electron chi connectivity index (χ0n) is 15.1. The molecule has 1 N–H and O–H groups in total. The monoisotopic (exact) mass is 376 g/mol. The second kappa shape index (κ2) is 7.19. The van der Waals surface area contributed by atoms with Crippen molar-refractivity contribution < 1.29 is 9.18 Å². The lowest BCUT2D eigenvalue weighted by Gasteiger charge is -2.15. The van der Waals surface area contributed by atoms with Gasteiger partial charge in [-0.25, -0.2) is 14.4 Å². The molecule has 1 saturated carbocycles. The highest BCUT2D eigenvalue weighted by Gasteiger charge is 2.25. The predicted octanol–water partition coefficient (Wildman–Crippen LogP) is 3.04. The van der Waals surface area contributed by atoms with Crippen LogP contribution in [0.25, 0.3) is 5.82 Å². The minimum atomic E-state index is -0.486. The van der Waals surface area contributed by atoms with E-state index in [-0.39, 0.29) is 11.5 Å². The summed E-state index contributed by atoms with van der Waals surface area (Å²) in [5.74, 6) is 0.521. The molecule has 1 amide bonds. The Balaban J connectivity index is 1.54. The van der Waals surface area contributed by atoms with E-state index in [2.05, 4.69) is 20.4 Å². The molecule has 3 aromatic rings. The van der Waals surface area contributed by atoms with E-state index in [0.717, 1.165) is 18.4 Å². The van der Waals surface area contributed by atoms with Gasteiger partial charge >= 0.3 is 0 Å². The number of rotatable bonds is 5. The molecule has 0 unspecified atom stereocenters. The molecule has 2 aromatic heterocycles. The van der Waals surface area contributed by atoms with Gasteiger partial charge in [-0.15, -0.1) is 0 Å². The van der Waals surface area contributed by atoms with Crippen LogP contribution in [0.3, 0.4) is 0 Å². The number of halogens is 1. The van der Waals surface area contributed by atoms with Gasteiger partial charge < -0.3 is 5.32 Å². The minimum Gasteiger partial charge on any atom is -0.342 e. The standard InChI is InChI=1S/C20H17FN6O/c1-12(19-24-11-25-27(19)18-5-2-13(9-22)10-23-18)26-20(28)16-6-15(14-3-4-14)7-17(21)8-16/h2,5-8,10-12,14H,3-4H2,1H3,(H,26,28)/t12-/m0/s1. The molecule has 0 spiro atoms. The first-order valence-corrected chi connectivity index (χ1v) is 8.93. The number of nitriles is 1. The van der Waals surface area contributed by atoms with E-state index < -0.39 is 11.9 Å². The number of aromatic nitrogens is 4. The first-order chi connectivity index (χ1) is 13.5. The van der Waals surface area contributed by atoms with Crippen LogP contribution in [0.2, 0.25) is 0 Å². The number of carbonyl (C=O) groups is 1. The fourth-order valence-electron chi connectivity index (χ4n) is 3.04. The van der Waals surface area contributed by atoms with Crippen molar-refractivity contribution in [2.45, 2.75) is 31.7 Å². The molecule has 0 saturated heterocycles. The summed E-state index contributed by atoms with van der Waals surface area (Å²) in [5, 5.41) is 15.9.